The first-order valence-electron chi connectivity index (χ1n) is 7.99. The van der Waals surface area contributed by atoms with E-state index < -0.39 is 5.97 Å². The second-order valence-electron chi connectivity index (χ2n) is 6.06. The van der Waals surface area contributed by atoms with E-state index in [-0.39, 0.29) is 11.3 Å². The number of nitrogens with one attached hydrogen (secondary N) is 1. The van der Waals surface area contributed by atoms with Crippen LogP contribution >= 0.6 is 11.6 Å². The SMILES string of the molecule is COC(=O)c1cc2c([nH]c3ccccc32)c(C2C=CC(Cl)CC2)n1. The molecule has 3 aromatic rings. The van der Waals surface area contributed by atoms with Crippen LogP contribution in [-0.4, -0.2) is 28.4 Å². The van der Waals surface area contributed by atoms with Crippen LogP contribution in [0.3, 0.4) is 0 Å². The lowest BCUT2D eigenvalue weighted by atomic mass is 9.91. The van der Waals surface area contributed by atoms with Gasteiger partial charge in [0, 0.05) is 22.2 Å². The summed E-state index contributed by atoms with van der Waals surface area (Å²) in [5.41, 5.74) is 3.23. The van der Waals surface area contributed by atoms with Gasteiger partial charge >= 0.3 is 5.97 Å². The molecule has 0 amide bonds. The van der Waals surface area contributed by atoms with Gasteiger partial charge in [-0.15, -0.1) is 11.6 Å². The first kappa shape index (κ1) is 15.2. The number of para-hydroxylation sites is 1. The van der Waals surface area contributed by atoms with Gasteiger partial charge in [-0.3, -0.25) is 0 Å². The van der Waals surface area contributed by atoms with E-state index in [1.807, 2.05) is 30.3 Å². The van der Waals surface area contributed by atoms with Crippen molar-refractivity contribution in [1.29, 1.82) is 0 Å². The van der Waals surface area contributed by atoms with Gasteiger partial charge in [-0.2, -0.15) is 0 Å². The van der Waals surface area contributed by atoms with Gasteiger partial charge in [0.05, 0.1) is 23.7 Å². The predicted octanol–water partition coefficient (Wildman–Crippen LogP) is 4.54. The van der Waals surface area contributed by atoms with Crippen molar-refractivity contribution in [2.24, 2.45) is 0 Å². The van der Waals surface area contributed by atoms with Crippen molar-refractivity contribution in [2.75, 3.05) is 7.11 Å². The third kappa shape index (κ3) is 2.47. The fraction of sp³-hybridized carbons (Fsp3) is 0.263. The molecule has 1 aromatic carbocycles. The molecule has 1 aliphatic carbocycles. The molecule has 2 unspecified atom stereocenters. The van der Waals surface area contributed by atoms with E-state index in [4.69, 9.17) is 16.3 Å². The topological polar surface area (TPSA) is 55.0 Å². The number of alkyl halides is 1. The number of H-pyrrole nitrogens is 1. The van der Waals surface area contributed by atoms with Crippen LogP contribution in [0.2, 0.25) is 0 Å². The zero-order chi connectivity index (χ0) is 16.7. The molecule has 4 rings (SSSR count). The number of methoxy groups -OCH3 is 1. The van der Waals surface area contributed by atoms with Crippen molar-refractivity contribution < 1.29 is 9.53 Å². The van der Waals surface area contributed by atoms with Crippen LogP contribution in [0.25, 0.3) is 21.8 Å². The molecule has 1 N–H and O–H groups in total. The van der Waals surface area contributed by atoms with Gasteiger partial charge in [-0.05, 0) is 25.0 Å². The highest BCUT2D eigenvalue weighted by atomic mass is 35.5. The lowest BCUT2D eigenvalue weighted by Gasteiger charge is -2.19. The Labute approximate surface area is 144 Å². The highest BCUT2D eigenvalue weighted by molar-refractivity contribution is 6.21. The number of esters is 1. The molecule has 2 heterocycles. The number of hydrogen-bond donors (Lipinski definition) is 1. The second-order valence-corrected chi connectivity index (χ2v) is 6.62. The van der Waals surface area contributed by atoms with Gasteiger partial charge in [-0.1, -0.05) is 30.4 Å². The normalized spacial score (nSPS) is 20.6. The Morgan fingerprint density at radius 2 is 2.08 bits per heavy atom. The number of benzene rings is 1. The Kier molecular flexibility index (Phi) is 3.77. The highest BCUT2D eigenvalue weighted by Crippen LogP contribution is 2.35. The van der Waals surface area contributed by atoms with Crippen molar-refractivity contribution in [1.82, 2.24) is 9.97 Å². The number of aromatic amines is 1. The zero-order valence-corrected chi connectivity index (χ0v) is 14.0. The maximum absolute atomic E-state index is 12.1. The summed E-state index contributed by atoms with van der Waals surface area (Å²) in [4.78, 5) is 20.1. The molecule has 0 saturated carbocycles. The number of carbonyl (C=O) groups is 1. The molecular weight excluding hydrogens is 324 g/mol. The van der Waals surface area contributed by atoms with Gasteiger partial charge in [0.2, 0.25) is 0 Å². The van der Waals surface area contributed by atoms with Gasteiger partial charge in [0.1, 0.15) is 5.69 Å². The van der Waals surface area contributed by atoms with E-state index in [1.54, 1.807) is 6.07 Å². The summed E-state index contributed by atoms with van der Waals surface area (Å²) < 4.78 is 4.88. The van der Waals surface area contributed by atoms with Crippen molar-refractivity contribution in [3.63, 3.8) is 0 Å². The van der Waals surface area contributed by atoms with Crippen LogP contribution < -0.4 is 0 Å². The number of carbonyl (C=O) groups excluding carboxylic acids is 1. The molecule has 4 nitrogen and oxygen atoms in total. The molecule has 0 bridgehead atoms. The van der Waals surface area contributed by atoms with E-state index >= 15 is 0 Å². The van der Waals surface area contributed by atoms with E-state index in [0.29, 0.717) is 5.69 Å². The number of allylic oxidation sites excluding steroid dienone is 2. The van der Waals surface area contributed by atoms with Crippen LogP contribution in [0.5, 0.6) is 0 Å². The monoisotopic (exact) mass is 340 g/mol. The van der Waals surface area contributed by atoms with Crippen molar-refractivity contribution >= 4 is 39.4 Å². The number of halogens is 1. The van der Waals surface area contributed by atoms with Crippen molar-refractivity contribution in [3.05, 3.63) is 53.9 Å². The van der Waals surface area contributed by atoms with Crippen LogP contribution in [0, 0.1) is 0 Å². The Bertz CT molecular complexity index is 961. The smallest absolute Gasteiger partial charge is 0.356 e. The molecule has 2 atom stereocenters. The first-order chi connectivity index (χ1) is 11.7. The fourth-order valence-corrected chi connectivity index (χ4v) is 3.57. The molecule has 1 aliphatic rings. The van der Waals surface area contributed by atoms with E-state index in [1.165, 1.54) is 7.11 Å². The lowest BCUT2D eigenvalue weighted by Crippen LogP contribution is -2.12. The van der Waals surface area contributed by atoms with E-state index in [9.17, 15) is 4.79 Å². The third-order valence-corrected chi connectivity index (χ3v) is 4.94. The molecular formula is C19H17ClN2O2. The number of fused-ring (bicyclic) bond motifs is 3. The summed E-state index contributed by atoms with van der Waals surface area (Å²) >= 11 is 6.17. The molecule has 0 spiro atoms. The molecule has 0 aliphatic heterocycles. The van der Waals surface area contributed by atoms with E-state index in [0.717, 1.165) is 40.3 Å². The minimum Gasteiger partial charge on any atom is -0.464 e. The standard InChI is InChI=1S/C19H17ClN2O2/c1-24-19(23)16-10-14-13-4-2-3-5-15(13)21-18(14)17(22-16)11-6-8-12(20)9-7-11/h2-6,8,10-12,21H,7,9H2,1H3. The molecule has 5 heteroatoms. The molecule has 0 radical (unpaired) electrons. The van der Waals surface area contributed by atoms with Gasteiger partial charge in [-0.25, -0.2) is 9.78 Å². The molecule has 0 fully saturated rings. The highest BCUT2D eigenvalue weighted by Gasteiger charge is 2.23. The van der Waals surface area contributed by atoms with E-state index in [2.05, 4.69) is 16.0 Å². The Hall–Kier alpha value is -2.33. The molecule has 0 saturated heterocycles. The number of pyridine rings is 1. The largest absolute Gasteiger partial charge is 0.464 e. The predicted molar refractivity (Wildman–Crippen MR) is 95.7 cm³/mol. The van der Waals surface area contributed by atoms with Crippen LogP contribution in [0.15, 0.2) is 42.5 Å². The summed E-state index contributed by atoms with van der Waals surface area (Å²) in [6, 6.07) is 9.87. The molecule has 122 valence electrons. The lowest BCUT2D eigenvalue weighted by molar-refractivity contribution is 0.0594. The van der Waals surface area contributed by atoms with Gasteiger partial charge in [0.15, 0.2) is 0 Å². The van der Waals surface area contributed by atoms with Crippen molar-refractivity contribution in [3.8, 4) is 0 Å². The summed E-state index contributed by atoms with van der Waals surface area (Å²) in [7, 11) is 1.38. The Balaban J connectivity index is 1.99. The number of nitrogens with zero attached hydrogens (tertiary/aromatic N) is 1. The summed E-state index contributed by atoms with van der Waals surface area (Å²) in [6.07, 6.45) is 5.91. The quantitative estimate of drug-likeness (QED) is 0.423. The fourth-order valence-electron chi connectivity index (χ4n) is 3.36. The average molecular weight is 341 g/mol. The maximum Gasteiger partial charge on any atom is 0.356 e. The first-order valence-corrected chi connectivity index (χ1v) is 8.43. The summed E-state index contributed by atoms with van der Waals surface area (Å²) in [5, 5.41) is 2.15. The molecule has 24 heavy (non-hydrogen) atoms. The Morgan fingerprint density at radius 3 is 2.83 bits per heavy atom. The minimum absolute atomic E-state index is 0.0724. The Morgan fingerprint density at radius 1 is 1.25 bits per heavy atom. The number of ether oxygens (including phenoxy) is 1. The summed E-state index contributed by atoms with van der Waals surface area (Å²) in [6.45, 7) is 0. The summed E-state index contributed by atoms with van der Waals surface area (Å²) in [5.74, 6) is -0.279. The zero-order valence-electron chi connectivity index (χ0n) is 13.3. The molecule has 2 aromatic heterocycles. The number of aromatic nitrogens is 2. The number of hydrogen-bond acceptors (Lipinski definition) is 3. The van der Waals surface area contributed by atoms with Gasteiger partial charge in [0.25, 0.3) is 0 Å². The van der Waals surface area contributed by atoms with Crippen LogP contribution in [0.4, 0.5) is 0 Å². The van der Waals surface area contributed by atoms with Crippen LogP contribution in [0.1, 0.15) is 34.9 Å². The number of rotatable bonds is 2. The minimum atomic E-state index is -0.418. The van der Waals surface area contributed by atoms with Crippen molar-refractivity contribution in [2.45, 2.75) is 24.1 Å². The maximum atomic E-state index is 12.1. The van der Waals surface area contributed by atoms with Crippen LogP contribution in [-0.2, 0) is 4.74 Å². The van der Waals surface area contributed by atoms with Gasteiger partial charge < -0.3 is 9.72 Å². The third-order valence-electron chi connectivity index (χ3n) is 4.58. The second kappa shape index (κ2) is 5.95. The average Bonchev–Trinajstić information content (AvgIpc) is 2.99.